The number of likely N-dealkylation sites (N-methyl/N-ethyl adjacent to an activating group) is 1. The van der Waals surface area contributed by atoms with Crippen LogP contribution in [0, 0.1) is 12.3 Å². The molecule has 1 atom stereocenters. The third kappa shape index (κ3) is 3.03. The lowest BCUT2D eigenvalue weighted by Crippen LogP contribution is -2.36. The van der Waals surface area contributed by atoms with Crippen LogP contribution in [0.1, 0.15) is 12.5 Å². The number of amides is 1. The van der Waals surface area contributed by atoms with Crippen molar-refractivity contribution in [2.45, 2.75) is 13.0 Å². The summed E-state index contributed by atoms with van der Waals surface area (Å²) in [5.74, 6) is 2.59. The maximum Gasteiger partial charge on any atom is 0.244 e. The number of nitrogens with zero attached hydrogens (tertiary/aromatic N) is 1. The largest absolute Gasteiger partial charge is 0.374 e. The van der Waals surface area contributed by atoms with E-state index >= 15 is 0 Å². The van der Waals surface area contributed by atoms with E-state index in [1.54, 1.807) is 19.0 Å². The van der Waals surface area contributed by atoms with E-state index < -0.39 is 0 Å². The lowest BCUT2D eigenvalue weighted by atomic mass is 10.2. The maximum absolute atomic E-state index is 11.6. The number of carbonyl (C=O) groups is 1. The van der Waals surface area contributed by atoms with Crippen LogP contribution in [-0.4, -0.2) is 30.9 Å². The first kappa shape index (κ1) is 12.1. The van der Waals surface area contributed by atoms with E-state index in [0.29, 0.717) is 0 Å². The van der Waals surface area contributed by atoms with Gasteiger partial charge in [-0.05, 0) is 25.1 Å². The monoisotopic (exact) mass is 216 g/mol. The Balaban J connectivity index is 2.74. The van der Waals surface area contributed by atoms with Gasteiger partial charge in [-0.1, -0.05) is 12.0 Å². The molecule has 0 saturated heterocycles. The highest BCUT2D eigenvalue weighted by molar-refractivity contribution is 5.83. The number of rotatable bonds is 3. The van der Waals surface area contributed by atoms with Crippen LogP contribution in [0.2, 0.25) is 0 Å². The second-order valence-corrected chi connectivity index (χ2v) is 3.82. The van der Waals surface area contributed by atoms with Crippen LogP contribution >= 0.6 is 0 Å². The highest BCUT2D eigenvalue weighted by Crippen LogP contribution is 2.11. The molecule has 16 heavy (non-hydrogen) atoms. The van der Waals surface area contributed by atoms with Crippen LogP contribution in [-0.2, 0) is 4.79 Å². The number of hydrogen-bond donors (Lipinski definition) is 1. The molecule has 0 heterocycles. The van der Waals surface area contributed by atoms with Crippen molar-refractivity contribution in [3.63, 3.8) is 0 Å². The van der Waals surface area contributed by atoms with Gasteiger partial charge in [0.2, 0.25) is 5.91 Å². The van der Waals surface area contributed by atoms with Gasteiger partial charge >= 0.3 is 0 Å². The van der Waals surface area contributed by atoms with E-state index in [1.807, 2.05) is 31.2 Å². The predicted octanol–water partition coefficient (Wildman–Crippen LogP) is 1.56. The number of carbonyl (C=O) groups excluding carboxylic acids is 1. The third-order valence-electron chi connectivity index (χ3n) is 2.22. The number of nitrogens with one attached hydrogen (secondary N) is 1. The van der Waals surface area contributed by atoms with Crippen molar-refractivity contribution in [3.8, 4) is 12.3 Å². The molecule has 1 aromatic rings. The molecule has 3 heteroatoms. The summed E-state index contributed by atoms with van der Waals surface area (Å²) in [5, 5.41) is 3.11. The molecular weight excluding hydrogens is 200 g/mol. The normalized spacial score (nSPS) is 11.4. The Labute approximate surface area is 96.5 Å². The second kappa shape index (κ2) is 5.22. The zero-order valence-electron chi connectivity index (χ0n) is 9.82. The van der Waals surface area contributed by atoms with Crippen LogP contribution in [0.25, 0.3) is 0 Å². The van der Waals surface area contributed by atoms with Crippen molar-refractivity contribution >= 4 is 11.6 Å². The van der Waals surface area contributed by atoms with Gasteiger partial charge < -0.3 is 10.2 Å². The maximum atomic E-state index is 11.6. The molecular formula is C13H16N2O. The van der Waals surface area contributed by atoms with E-state index in [9.17, 15) is 4.79 Å². The lowest BCUT2D eigenvalue weighted by molar-refractivity contribution is -0.129. The molecule has 84 valence electrons. The first-order valence-corrected chi connectivity index (χ1v) is 5.09. The highest BCUT2D eigenvalue weighted by atomic mass is 16.2. The van der Waals surface area contributed by atoms with Crippen molar-refractivity contribution in [2.24, 2.45) is 0 Å². The van der Waals surface area contributed by atoms with Gasteiger partial charge in [-0.2, -0.15) is 0 Å². The number of terminal acetylenes is 1. The topological polar surface area (TPSA) is 32.3 Å². The number of hydrogen-bond acceptors (Lipinski definition) is 2. The summed E-state index contributed by atoms with van der Waals surface area (Å²) in [7, 11) is 3.47. The molecule has 1 rings (SSSR count). The number of benzene rings is 1. The third-order valence-corrected chi connectivity index (χ3v) is 2.22. The van der Waals surface area contributed by atoms with Gasteiger partial charge in [0.15, 0.2) is 0 Å². The van der Waals surface area contributed by atoms with Crippen molar-refractivity contribution in [1.82, 2.24) is 4.90 Å². The Morgan fingerprint density at radius 1 is 1.50 bits per heavy atom. The zero-order chi connectivity index (χ0) is 12.1. The van der Waals surface area contributed by atoms with Crippen molar-refractivity contribution in [2.75, 3.05) is 19.4 Å². The van der Waals surface area contributed by atoms with E-state index in [1.165, 1.54) is 0 Å². The van der Waals surface area contributed by atoms with E-state index in [0.717, 1.165) is 11.3 Å². The van der Waals surface area contributed by atoms with Crippen LogP contribution in [0.4, 0.5) is 5.69 Å². The molecule has 0 fully saturated rings. The molecule has 1 aromatic carbocycles. The van der Waals surface area contributed by atoms with Gasteiger partial charge in [0, 0.05) is 25.3 Å². The molecule has 0 aliphatic carbocycles. The highest BCUT2D eigenvalue weighted by Gasteiger charge is 2.13. The fourth-order valence-electron chi connectivity index (χ4n) is 1.40. The van der Waals surface area contributed by atoms with Gasteiger partial charge in [-0.15, -0.1) is 6.42 Å². The standard InChI is InChI=1S/C13H16N2O/c1-5-11-7-6-8-12(9-11)14-10(2)13(16)15(3)4/h1,6-10,14H,2-4H3. The average molecular weight is 216 g/mol. The first-order chi connectivity index (χ1) is 7.54. The summed E-state index contributed by atoms with van der Waals surface area (Å²) >= 11 is 0. The zero-order valence-corrected chi connectivity index (χ0v) is 9.82. The molecule has 0 aliphatic rings. The Morgan fingerprint density at radius 2 is 2.19 bits per heavy atom. The van der Waals surface area contributed by atoms with Gasteiger partial charge in [-0.3, -0.25) is 4.79 Å². The smallest absolute Gasteiger partial charge is 0.244 e. The Morgan fingerprint density at radius 3 is 2.75 bits per heavy atom. The Bertz CT molecular complexity index is 418. The van der Waals surface area contributed by atoms with Gasteiger partial charge in [0.1, 0.15) is 6.04 Å². The van der Waals surface area contributed by atoms with Crippen LogP contribution in [0.5, 0.6) is 0 Å². The minimum Gasteiger partial charge on any atom is -0.374 e. The van der Waals surface area contributed by atoms with Gasteiger partial charge in [0.05, 0.1) is 0 Å². The van der Waals surface area contributed by atoms with E-state index in [2.05, 4.69) is 11.2 Å². The van der Waals surface area contributed by atoms with Crippen molar-refractivity contribution in [3.05, 3.63) is 29.8 Å². The quantitative estimate of drug-likeness (QED) is 0.778. The molecule has 0 spiro atoms. The summed E-state index contributed by atoms with van der Waals surface area (Å²) in [5.41, 5.74) is 1.66. The molecule has 1 amide bonds. The molecule has 3 nitrogen and oxygen atoms in total. The fraction of sp³-hybridized carbons (Fsp3) is 0.308. The van der Waals surface area contributed by atoms with Crippen LogP contribution in [0.15, 0.2) is 24.3 Å². The molecule has 1 N–H and O–H groups in total. The average Bonchev–Trinajstić information content (AvgIpc) is 2.28. The summed E-state index contributed by atoms with van der Waals surface area (Å²) in [6, 6.07) is 7.19. The molecule has 1 unspecified atom stereocenters. The van der Waals surface area contributed by atoms with Crippen molar-refractivity contribution in [1.29, 1.82) is 0 Å². The molecule has 0 saturated carbocycles. The SMILES string of the molecule is C#Cc1cccc(NC(C)C(=O)N(C)C)c1. The predicted molar refractivity (Wildman–Crippen MR) is 66.2 cm³/mol. The Hall–Kier alpha value is -1.95. The summed E-state index contributed by atoms with van der Waals surface area (Å²) in [4.78, 5) is 13.2. The van der Waals surface area contributed by atoms with Gasteiger partial charge in [-0.25, -0.2) is 0 Å². The Kier molecular flexibility index (Phi) is 3.96. The summed E-state index contributed by atoms with van der Waals surface area (Å²) in [6.07, 6.45) is 5.30. The fourth-order valence-corrected chi connectivity index (χ4v) is 1.40. The second-order valence-electron chi connectivity index (χ2n) is 3.82. The summed E-state index contributed by atoms with van der Waals surface area (Å²) in [6.45, 7) is 1.82. The first-order valence-electron chi connectivity index (χ1n) is 5.09. The van der Waals surface area contributed by atoms with E-state index in [-0.39, 0.29) is 11.9 Å². The molecule has 0 bridgehead atoms. The summed E-state index contributed by atoms with van der Waals surface area (Å²) < 4.78 is 0. The molecule has 0 aromatic heterocycles. The minimum atomic E-state index is -0.261. The van der Waals surface area contributed by atoms with Gasteiger partial charge in [0.25, 0.3) is 0 Å². The van der Waals surface area contributed by atoms with Crippen LogP contribution < -0.4 is 5.32 Å². The van der Waals surface area contributed by atoms with Crippen molar-refractivity contribution < 1.29 is 4.79 Å². The minimum absolute atomic E-state index is 0.0334. The molecule has 0 radical (unpaired) electrons. The lowest BCUT2D eigenvalue weighted by Gasteiger charge is -2.19. The molecule has 0 aliphatic heterocycles. The van der Waals surface area contributed by atoms with Crippen LogP contribution in [0.3, 0.4) is 0 Å². The number of anilines is 1. The van der Waals surface area contributed by atoms with E-state index in [4.69, 9.17) is 6.42 Å².